The maximum absolute atomic E-state index is 12.4. The molecule has 0 bridgehead atoms. The first-order valence-electron chi connectivity index (χ1n) is 9.92. The van der Waals surface area contributed by atoms with Crippen molar-refractivity contribution in [3.8, 4) is 0 Å². The van der Waals surface area contributed by atoms with Crippen LogP contribution < -0.4 is 5.32 Å². The molecular weight excluding hydrogens is 330 g/mol. The number of carbonyl (C=O) groups is 1. The number of aliphatic imine (C=N–C) groups is 1. The Morgan fingerprint density at radius 3 is 2.27 bits per heavy atom. The van der Waals surface area contributed by atoms with Crippen LogP contribution in [-0.4, -0.2) is 99.2 Å². The molecule has 0 spiro atoms. The monoisotopic (exact) mass is 367 g/mol. The lowest BCUT2D eigenvalue weighted by molar-refractivity contribution is -0.136. The Hall–Kier alpha value is -1.34. The highest BCUT2D eigenvalue weighted by molar-refractivity contribution is 5.80. The number of guanidine groups is 1. The summed E-state index contributed by atoms with van der Waals surface area (Å²) in [5.41, 5.74) is 0.379. The molecule has 26 heavy (non-hydrogen) atoms. The van der Waals surface area contributed by atoms with Crippen LogP contribution >= 0.6 is 0 Å². The number of ether oxygens (including phenoxy) is 1. The summed E-state index contributed by atoms with van der Waals surface area (Å²) in [5, 5.41) is 3.49. The van der Waals surface area contributed by atoms with Crippen LogP contribution in [0, 0.1) is 5.41 Å². The number of hydrogen-bond acceptors (Lipinski definition) is 4. The van der Waals surface area contributed by atoms with Gasteiger partial charge in [-0.1, -0.05) is 20.8 Å². The van der Waals surface area contributed by atoms with Gasteiger partial charge in [0.25, 0.3) is 0 Å². The molecule has 0 aromatic rings. The van der Waals surface area contributed by atoms with Gasteiger partial charge in [-0.2, -0.15) is 0 Å². The van der Waals surface area contributed by atoms with Gasteiger partial charge in [0.15, 0.2) is 5.96 Å². The summed E-state index contributed by atoms with van der Waals surface area (Å²) in [5.74, 6) is 1.21. The second-order valence-electron chi connectivity index (χ2n) is 8.39. The van der Waals surface area contributed by atoms with Crippen molar-refractivity contribution in [3.63, 3.8) is 0 Å². The normalized spacial score (nSPS) is 20.4. The Labute approximate surface area is 158 Å². The van der Waals surface area contributed by atoms with Crippen LogP contribution in [0.2, 0.25) is 0 Å². The highest BCUT2D eigenvalue weighted by atomic mass is 16.5. The average molecular weight is 368 g/mol. The molecule has 2 fully saturated rings. The fourth-order valence-electron chi connectivity index (χ4n) is 3.37. The molecular formula is C19H37N5O2. The molecule has 1 N–H and O–H groups in total. The number of piperazine rings is 1. The molecule has 2 saturated heterocycles. The van der Waals surface area contributed by atoms with Gasteiger partial charge in [0.1, 0.15) is 0 Å². The third-order valence-electron chi connectivity index (χ3n) is 4.99. The van der Waals surface area contributed by atoms with Gasteiger partial charge >= 0.3 is 0 Å². The van der Waals surface area contributed by atoms with Gasteiger partial charge < -0.3 is 19.9 Å². The molecule has 7 heteroatoms. The van der Waals surface area contributed by atoms with Gasteiger partial charge in [0.05, 0.1) is 19.8 Å². The molecule has 0 unspecified atom stereocenters. The van der Waals surface area contributed by atoms with Crippen LogP contribution in [0.3, 0.4) is 0 Å². The quantitative estimate of drug-likeness (QED) is 0.444. The molecule has 2 heterocycles. The van der Waals surface area contributed by atoms with Crippen molar-refractivity contribution in [2.75, 3.05) is 72.6 Å². The molecule has 0 radical (unpaired) electrons. The number of hydrogen-bond donors (Lipinski definition) is 1. The molecule has 0 saturated carbocycles. The Balaban J connectivity index is 1.68. The summed E-state index contributed by atoms with van der Waals surface area (Å²) >= 11 is 0. The summed E-state index contributed by atoms with van der Waals surface area (Å²) < 4.78 is 5.32. The number of rotatable bonds is 5. The van der Waals surface area contributed by atoms with Crippen molar-refractivity contribution in [2.24, 2.45) is 10.4 Å². The van der Waals surface area contributed by atoms with E-state index in [2.05, 4.69) is 40.9 Å². The summed E-state index contributed by atoms with van der Waals surface area (Å²) in [6, 6.07) is 0. The summed E-state index contributed by atoms with van der Waals surface area (Å²) in [7, 11) is 1.85. The lowest BCUT2D eigenvalue weighted by atomic mass is 9.91. The molecule has 150 valence electrons. The second-order valence-corrected chi connectivity index (χ2v) is 8.39. The summed E-state index contributed by atoms with van der Waals surface area (Å²) in [6.45, 7) is 14.7. The number of carbonyl (C=O) groups excluding carboxylic acids is 1. The maximum Gasteiger partial charge on any atom is 0.236 e. The molecule has 0 aromatic carbocycles. The Morgan fingerprint density at radius 1 is 1.04 bits per heavy atom. The molecule has 7 nitrogen and oxygen atoms in total. The van der Waals surface area contributed by atoms with Gasteiger partial charge in [0, 0.05) is 52.9 Å². The highest BCUT2D eigenvalue weighted by Gasteiger charge is 2.24. The third kappa shape index (κ3) is 7.11. The van der Waals surface area contributed by atoms with Crippen LogP contribution in [-0.2, 0) is 9.53 Å². The Morgan fingerprint density at radius 2 is 1.69 bits per heavy atom. The first-order valence-corrected chi connectivity index (χ1v) is 9.92. The van der Waals surface area contributed by atoms with E-state index in [-0.39, 0.29) is 5.91 Å². The number of nitrogens with zero attached hydrogens (tertiary/aromatic N) is 4. The zero-order valence-electron chi connectivity index (χ0n) is 17.1. The second kappa shape index (κ2) is 10.1. The van der Waals surface area contributed by atoms with Crippen LogP contribution in [0.5, 0.6) is 0 Å². The molecule has 2 aliphatic heterocycles. The predicted octanol–water partition coefficient (Wildman–Crippen LogP) is 0.865. The first kappa shape index (κ1) is 21.0. The van der Waals surface area contributed by atoms with Gasteiger partial charge in [-0.15, -0.1) is 0 Å². The molecule has 1 amide bonds. The van der Waals surface area contributed by atoms with E-state index >= 15 is 0 Å². The van der Waals surface area contributed by atoms with E-state index in [1.54, 1.807) is 0 Å². The standard InChI is InChI=1S/C19H37N5O2/c1-19(2,3)6-5-7-21-18(20-4)24-10-8-22(9-11-24)16-17(25)23-12-14-26-15-13-23/h5-16H2,1-4H3,(H,20,21). The minimum atomic E-state index is 0.228. The maximum atomic E-state index is 12.4. The van der Waals surface area contributed by atoms with E-state index < -0.39 is 0 Å². The Bertz CT molecular complexity index is 461. The van der Waals surface area contributed by atoms with E-state index in [1.165, 1.54) is 6.42 Å². The van der Waals surface area contributed by atoms with Crippen LogP contribution in [0.25, 0.3) is 0 Å². The molecule has 2 rings (SSSR count). The topological polar surface area (TPSA) is 60.4 Å². The molecule has 0 aliphatic carbocycles. The van der Waals surface area contributed by atoms with E-state index in [4.69, 9.17) is 4.74 Å². The van der Waals surface area contributed by atoms with Crippen molar-refractivity contribution in [2.45, 2.75) is 33.6 Å². The minimum absolute atomic E-state index is 0.228. The number of morpholine rings is 1. The SMILES string of the molecule is CN=C(NCCCC(C)(C)C)N1CCN(CC(=O)N2CCOCC2)CC1. The smallest absolute Gasteiger partial charge is 0.236 e. The summed E-state index contributed by atoms with van der Waals surface area (Å²) in [4.78, 5) is 23.3. The number of nitrogens with one attached hydrogen (secondary N) is 1. The average Bonchev–Trinajstić information content (AvgIpc) is 2.62. The van der Waals surface area contributed by atoms with Gasteiger partial charge in [-0.05, 0) is 18.3 Å². The van der Waals surface area contributed by atoms with Crippen molar-refractivity contribution in [1.82, 2.24) is 20.0 Å². The molecule has 0 atom stereocenters. The highest BCUT2D eigenvalue weighted by Crippen LogP contribution is 2.19. The summed E-state index contributed by atoms with van der Waals surface area (Å²) in [6.07, 6.45) is 2.35. The van der Waals surface area contributed by atoms with E-state index in [0.29, 0.717) is 25.2 Å². The minimum Gasteiger partial charge on any atom is -0.378 e. The van der Waals surface area contributed by atoms with Gasteiger partial charge in [0.2, 0.25) is 5.91 Å². The molecule has 0 aromatic heterocycles. The Kier molecular flexibility index (Phi) is 8.15. The fraction of sp³-hybridized carbons (Fsp3) is 0.895. The van der Waals surface area contributed by atoms with Crippen molar-refractivity contribution in [3.05, 3.63) is 0 Å². The van der Waals surface area contributed by atoms with Crippen LogP contribution in [0.1, 0.15) is 33.6 Å². The van der Waals surface area contributed by atoms with Crippen molar-refractivity contribution in [1.29, 1.82) is 0 Å². The van der Waals surface area contributed by atoms with E-state index in [0.717, 1.165) is 58.2 Å². The van der Waals surface area contributed by atoms with Gasteiger partial charge in [-0.3, -0.25) is 14.7 Å². The predicted molar refractivity (Wildman–Crippen MR) is 105 cm³/mol. The lowest BCUT2D eigenvalue weighted by Gasteiger charge is -2.37. The van der Waals surface area contributed by atoms with Crippen molar-refractivity contribution < 1.29 is 9.53 Å². The number of amides is 1. The van der Waals surface area contributed by atoms with Gasteiger partial charge in [-0.25, -0.2) is 0 Å². The van der Waals surface area contributed by atoms with Crippen LogP contribution in [0.15, 0.2) is 4.99 Å². The zero-order valence-corrected chi connectivity index (χ0v) is 17.1. The van der Waals surface area contributed by atoms with E-state index in [9.17, 15) is 4.79 Å². The largest absolute Gasteiger partial charge is 0.378 e. The molecule has 2 aliphatic rings. The zero-order chi connectivity index (χ0) is 19.0. The van der Waals surface area contributed by atoms with Crippen molar-refractivity contribution >= 4 is 11.9 Å². The fourth-order valence-corrected chi connectivity index (χ4v) is 3.37. The third-order valence-corrected chi connectivity index (χ3v) is 4.99. The van der Waals surface area contributed by atoms with Crippen LogP contribution in [0.4, 0.5) is 0 Å². The first-order chi connectivity index (χ1) is 12.4. The van der Waals surface area contributed by atoms with E-state index in [1.807, 2.05) is 11.9 Å². The lowest BCUT2D eigenvalue weighted by Crippen LogP contribution is -2.55.